The predicted octanol–water partition coefficient (Wildman–Crippen LogP) is 0.497. The summed E-state index contributed by atoms with van der Waals surface area (Å²) >= 11 is 3.31. The van der Waals surface area contributed by atoms with Crippen LogP contribution >= 0.6 is 15.9 Å². The number of amides is 1. The predicted molar refractivity (Wildman–Crippen MR) is 117 cm³/mol. The van der Waals surface area contributed by atoms with Crippen molar-refractivity contribution in [1.29, 1.82) is 0 Å². The van der Waals surface area contributed by atoms with Crippen LogP contribution < -0.4 is 15.1 Å². The van der Waals surface area contributed by atoms with Gasteiger partial charge in [-0.25, -0.2) is 13.8 Å². The zero-order valence-electron chi connectivity index (χ0n) is 16.5. The number of sulfonamides is 1. The highest BCUT2D eigenvalue weighted by Gasteiger charge is 2.31. The molecule has 0 bridgehead atoms. The summed E-state index contributed by atoms with van der Waals surface area (Å²) in [6.45, 7) is 2.07. The summed E-state index contributed by atoms with van der Waals surface area (Å²) in [5.74, 6) is 0.449. The minimum Gasteiger partial charge on any atom is -0.496 e. The molecular formula is C20H24BrN4O4S+. The van der Waals surface area contributed by atoms with E-state index in [9.17, 15) is 13.2 Å². The number of halogens is 1. The summed E-state index contributed by atoms with van der Waals surface area (Å²) in [7, 11) is -1.94. The summed E-state index contributed by atoms with van der Waals surface area (Å²) in [5, 5.41) is 3.99. The Hall–Kier alpha value is -2.27. The van der Waals surface area contributed by atoms with Crippen LogP contribution in [0.3, 0.4) is 0 Å². The number of para-hydroxylation sites is 1. The number of ether oxygens (including phenoxy) is 1. The average Bonchev–Trinajstić information content (AvgIpc) is 2.75. The van der Waals surface area contributed by atoms with Crippen molar-refractivity contribution in [3.63, 3.8) is 0 Å². The Kier molecular flexibility index (Phi) is 7.59. The second-order valence-electron chi connectivity index (χ2n) is 6.82. The number of carbonyl (C=O) groups excluding carboxylic acids is 1. The van der Waals surface area contributed by atoms with E-state index in [0.29, 0.717) is 31.9 Å². The molecule has 1 saturated heterocycles. The molecule has 3 rings (SSSR count). The lowest BCUT2D eigenvalue weighted by Gasteiger charge is -2.31. The van der Waals surface area contributed by atoms with Crippen molar-refractivity contribution in [2.75, 3.05) is 39.8 Å². The quantitative estimate of drug-likeness (QED) is 0.432. The molecule has 0 spiro atoms. The minimum absolute atomic E-state index is 0.222. The van der Waals surface area contributed by atoms with Crippen molar-refractivity contribution in [1.82, 2.24) is 9.73 Å². The zero-order chi connectivity index (χ0) is 21.6. The molecule has 160 valence electrons. The first-order chi connectivity index (χ1) is 14.4. The molecule has 0 atom stereocenters. The molecule has 0 saturated carbocycles. The highest BCUT2D eigenvalue weighted by molar-refractivity contribution is 9.10. The molecule has 2 aromatic carbocycles. The molecular weight excluding hydrogens is 472 g/mol. The van der Waals surface area contributed by atoms with Gasteiger partial charge < -0.3 is 9.64 Å². The van der Waals surface area contributed by atoms with Gasteiger partial charge in [0.25, 0.3) is 5.91 Å². The van der Waals surface area contributed by atoms with E-state index in [4.69, 9.17) is 4.74 Å². The van der Waals surface area contributed by atoms with Crippen LogP contribution in [0.15, 0.2) is 63.0 Å². The van der Waals surface area contributed by atoms with Gasteiger partial charge in [0.05, 0.1) is 44.4 Å². The second-order valence-corrected chi connectivity index (χ2v) is 9.67. The molecule has 10 heteroatoms. The third kappa shape index (κ3) is 5.66. The minimum atomic E-state index is -3.52. The summed E-state index contributed by atoms with van der Waals surface area (Å²) in [5.41, 5.74) is 3.28. The van der Waals surface area contributed by atoms with E-state index in [0.717, 1.165) is 14.9 Å². The summed E-state index contributed by atoms with van der Waals surface area (Å²) < 4.78 is 33.0. The zero-order valence-corrected chi connectivity index (χ0v) is 18.9. The van der Waals surface area contributed by atoms with Crippen molar-refractivity contribution in [2.45, 2.75) is 4.90 Å². The van der Waals surface area contributed by atoms with Crippen LogP contribution in [-0.2, 0) is 14.8 Å². The van der Waals surface area contributed by atoms with E-state index < -0.39 is 10.0 Å². The van der Waals surface area contributed by atoms with Crippen LogP contribution in [0, 0.1) is 0 Å². The fraction of sp³-hybridized carbons (Fsp3) is 0.300. The number of benzene rings is 2. The van der Waals surface area contributed by atoms with Crippen LogP contribution in [-0.4, -0.2) is 64.7 Å². The van der Waals surface area contributed by atoms with E-state index >= 15 is 0 Å². The average molecular weight is 496 g/mol. The number of rotatable bonds is 7. The third-order valence-corrected chi connectivity index (χ3v) is 7.26. The highest BCUT2D eigenvalue weighted by atomic mass is 79.9. The maximum atomic E-state index is 12.7. The molecule has 8 nitrogen and oxygen atoms in total. The van der Waals surface area contributed by atoms with E-state index in [1.54, 1.807) is 31.4 Å². The van der Waals surface area contributed by atoms with Gasteiger partial charge in [-0.1, -0.05) is 28.1 Å². The van der Waals surface area contributed by atoms with Gasteiger partial charge in [-0.05, 0) is 36.4 Å². The number of carbonyl (C=O) groups is 1. The molecule has 1 heterocycles. The molecule has 2 aromatic rings. The molecule has 1 aliphatic rings. The number of methoxy groups -OCH3 is 1. The van der Waals surface area contributed by atoms with Gasteiger partial charge in [-0.2, -0.15) is 9.41 Å². The Balaban J connectivity index is 1.49. The number of piperazine rings is 1. The third-order valence-electron chi connectivity index (χ3n) is 4.82. The first-order valence-corrected chi connectivity index (χ1v) is 11.7. The lowest BCUT2D eigenvalue weighted by atomic mass is 10.2. The standard InChI is InChI=1S/C20H23BrN4O4S/c1-29-19-5-3-2-4-16(19)14-22-23-20(26)15-24-10-12-25(13-11-24)30(27,28)18-8-6-17(21)7-9-18/h2-9,14H,10-13,15H2,1H3,(H,23,26)/p+1/b22-14-. The topological polar surface area (TPSA) is 92.5 Å². The Labute approximate surface area is 184 Å². The van der Waals surface area contributed by atoms with Crippen molar-refractivity contribution in [3.05, 3.63) is 58.6 Å². The van der Waals surface area contributed by atoms with Crippen molar-refractivity contribution >= 4 is 38.1 Å². The molecule has 30 heavy (non-hydrogen) atoms. The largest absolute Gasteiger partial charge is 0.496 e. The van der Waals surface area contributed by atoms with Crippen LogP contribution in [0.25, 0.3) is 0 Å². The van der Waals surface area contributed by atoms with Gasteiger partial charge in [0.2, 0.25) is 10.0 Å². The van der Waals surface area contributed by atoms with Gasteiger partial charge in [-0.15, -0.1) is 0 Å². The van der Waals surface area contributed by atoms with Gasteiger partial charge in [0, 0.05) is 10.0 Å². The lowest BCUT2D eigenvalue weighted by molar-refractivity contribution is -0.895. The Bertz CT molecular complexity index is 1000. The smallest absolute Gasteiger partial charge is 0.295 e. The molecule has 0 aliphatic carbocycles. The SMILES string of the molecule is COc1ccccc1/C=N\NC(=O)C[NH+]1CCN(S(=O)(=O)c2ccc(Br)cc2)CC1. The van der Waals surface area contributed by atoms with Crippen LogP contribution in [0.2, 0.25) is 0 Å². The van der Waals surface area contributed by atoms with Gasteiger partial charge in [0.1, 0.15) is 5.75 Å². The van der Waals surface area contributed by atoms with Crippen LogP contribution in [0.4, 0.5) is 0 Å². The fourth-order valence-electron chi connectivity index (χ4n) is 3.19. The van der Waals surface area contributed by atoms with E-state index in [-0.39, 0.29) is 17.3 Å². The fourth-order valence-corrected chi connectivity index (χ4v) is 4.89. The number of hydrazone groups is 1. The number of nitrogens with zero attached hydrogens (tertiary/aromatic N) is 2. The van der Waals surface area contributed by atoms with E-state index in [2.05, 4.69) is 26.5 Å². The van der Waals surface area contributed by atoms with E-state index in [1.165, 1.54) is 10.5 Å². The molecule has 0 radical (unpaired) electrons. The number of hydrogen-bond acceptors (Lipinski definition) is 5. The Morgan fingerprint density at radius 2 is 1.87 bits per heavy atom. The molecule has 1 fully saturated rings. The van der Waals surface area contributed by atoms with Crippen molar-refractivity contribution in [3.8, 4) is 5.75 Å². The molecule has 2 N–H and O–H groups in total. The number of nitrogens with one attached hydrogen (secondary N) is 2. The summed E-state index contributed by atoms with van der Waals surface area (Å²) in [6.07, 6.45) is 1.54. The Morgan fingerprint density at radius 3 is 2.53 bits per heavy atom. The van der Waals surface area contributed by atoms with Crippen LogP contribution in [0.1, 0.15) is 5.56 Å². The summed E-state index contributed by atoms with van der Waals surface area (Å²) in [4.78, 5) is 13.5. The second kappa shape index (κ2) is 10.2. The van der Waals surface area contributed by atoms with Crippen molar-refractivity contribution < 1.29 is 22.8 Å². The first kappa shape index (κ1) is 22.4. The maximum Gasteiger partial charge on any atom is 0.295 e. The van der Waals surface area contributed by atoms with E-state index in [1.807, 2.05) is 24.3 Å². The normalized spacial score (nSPS) is 15.9. The first-order valence-electron chi connectivity index (χ1n) is 9.44. The Morgan fingerprint density at radius 1 is 1.20 bits per heavy atom. The molecule has 0 aromatic heterocycles. The van der Waals surface area contributed by atoms with Gasteiger partial charge in [-0.3, -0.25) is 4.79 Å². The lowest BCUT2D eigenvalue weighted by Crippen LogP contribution is -3.15. The van der Waals surface area contributed by atoms with Crippen LogP contribution in [0.5, 0.6) is 5.75 Å². The van der Waals surface area contributed by atoms with Crippen molar-refractivity contribution in [2.24, 2.45) is 5.10 Å². The monoisotopic (exact) mass is 495 g/mol. The number of quaternary nitrogens is 1. The summed E-state index contributed by atoms with van der Waals surface area (Å²) in [6, 6.07) is 14.0. The number of hydrogen-bond donors (Lipinski definition) is 2. The molecule has 1 amide bonds. The molecule has 0 unspecified atom stereocenters. The van der Waals surface area contributed by atoms with Gasteiger partial charge >= 0.3 is 0 Å². The maximum absolute atomic E-state index is 12.7. The highest BCUT2D eigenvalue weighted by Crippen LogP contribution is 2.18. The molecule has 1 aliphatic heterocycles. The van der Waals surface area contributed by atoms with Gasteiger partial charge in [0.15, 0.2) is 6.54 Å².